The first-order valence-corrected chi connectivity index (χ1v) is 10.5. The predicted molar refractivity (Wildman–Crippen MR) is 112 cm³/mol. The van der Waals surface area contributed by atoms with Crippen molar-refractivity contribution in [2.24, 2.45) is 0 Å². The number of hydrogen-bond donors (Lipinski definition) is 0. The van der Waals surface area contributed by atoms with Crippen LogP contribution in [0.25, 0.3) is 0 Å². The molecule has 2 aliphatic rings. The molecule has 5 nitrogen and oxygen atoms in total. The van der Waals surface area contributed by atoms with Crippen LogP contribution in [0.1, 0.15) is 24.0 Å². The van der Waals surface area contributed by atoms with E-state index in [4.69, 9.17) is 16.3 Å². The number of rotatable bonds is 5. The van der Waals surface area contributed by atoms with Crippen LogP contribution in [-0.2, 0) is 22.4 Å². The predicted octanol–water partition coefficient (Wildman–Crippen LogP) is 3.34. The van der Waals surface area contributed by atoms with Crippen LogP contribution in [0.3, 0.4) is 0 Å². The van der Waals surface area contributed by atoms with Crippen molar-refractivity contribution in [2.75, 3.05) is 26.2 Å². The first-order valence-electron chi connectivity index (χ1n) is 10.2. The van der Waals surface area contributed by atoms with Crippen molar-refractivity contribution in [2.45, 2.75) is 31.8 Å². The molecule has 2 heterocycles. The Labute approximate surface area is 176 Å². The van der Waals surface area contributed by atoms with Gasteiger partial charge in [-0.25, -0.2) is 0 Å². The van der Waals surface area contributed by atoms with Crippen LogP contribution in [0.4, 0.5) is 0 Å². The van der Waals surface area contributed by atoms with Gasteiger partial charge in [0.15, 0.2) is 6.10 Å². The second kappa shape index (κ2) is 8.87. The summed E-state index contributed by atoms with van der Waals surface area (Å²) in [7, 11) is 0. The molecule has 0 saturated carbocycles. The normalized spacial score (nSPS) is 18.3. The van der Waals surface area contributed by atoms with Crippen LogP contribution >= 0.6 is 11.6 Å². The van der Waals surface area contributed by atoms with Gasteiger partial charge in [-0.2, -0.15) is 0 Å². The molecule has 29 heavy (non-hydrogen) atoms. The Morgan fingerprint density at radius 3 is 2.48 bits per heavy atom. The summed E-state index contributed by atoms with van der Waals surface area (Å²) < 4.78 is 5.82. The Morgan fingerprint density at radius 2 is 1.72 bits per heavy atom. The summed E-state index contributed by atoms with van der Waals surface area (Å²) in [6.07, 6.45) is 2.36. The Balaban J connectivity index is 1.22. The third-order valence-corrected chi connectivity index (χ3v) is 5.85. The second-order valence-electron chi connectivity index (χ2n) is 7.61. The number of nitrogens with zero attached hydrogens (tertiary/aromatic N) is 2. The zero-order valence-electron chi connectivity index (χ0n) is 16.4. The van der Waals surface area contributed by atoms with E-state index in [0.717, 1.165) is 24.2 Å². The Morgan fingerprint density at radius 1 is 1.00 bits per heavy atom. The quantitative estimate of drug-likeness (QED) is 0.756. The summed E-state index contributed by atoms with van der Waals surface area (Å²) in [5.41, 5.74) is 2.23. The van der Waals surface area contributed by atoms with Crippen LogP contribution in [0, 0.1) is 0 Å². The maximum absolute atomic E-state index is 12.8. The average molecular weight is 413 g/mol. The van der Waals surface area contributed by atoms with Crippen molar-refractivity contribution >= 4 is 23.4 Å². The maximum Gasteiger partial charge on any atom is 0.264 e. The van der Waals surface area contributed by atoms with Gasteiger partial charge in [-0.1, -0.05) is 41.9 Å². The average Bonchev–Trinajstić information content (AvgIpc) is 3.17. The lowest BCUT2D eigenvalue weighted by Crippen LogP contribution is -2.53. The van der Waals surface area contributed by atoms with Crippen LogP contribution < -0.4 is 4.74 Å². The molecule has 2 aromatic carbocycles. The number of fused-ring (bicyclic) bond motifs is 1. The van der Waals surface area contributed by atoms with E-state index in [9.17, 15) is 9.59 Å². The van der Waals surface area contributed by atoms with Gasteiger partial charge in [0.05, 0.1) is 0 Å². The lowest BCUT2D eigenvalue weighted by Gasteiger charge is -2.35. The number of halogens is 1. The summed E-state index contributed by atoms with van der Waals surface area (Å²) >= 11 is 6.03. The molecular weight excluding hydrogens is 388 g/mol. The minimum absolute atomic E-state index is 0.00602. The maximum atomic E-state index is 12.8. The Bertz CT molecular complexity index is 879. The van der Waals surface area contributed by atoms with Gasteiger partial charge in [0.2, 0.25) is 5.91 Å². The Kier molecular flexibility index (Phi) is 6.05. The molecule has 1 atom stereocenters. The van der Waals surface area contributed by atoms with Gasteiger partial charge in [-0.3, -0.25) is 9.59 Å². The smallest absolute Gasteiger partial charge is 0.264 e. The van der Waals surface area contributed by atoms with Gasteiger partial charge in [0, 0.05) is 44.0 Å². The summed E-state index contributed by atoms with van der Waals surface area (Å²) in [5, 5.41) is 0.653. The molecule has 1 saturated heterocycles. The molecule has 0 N–H and O–H groups in total. The molecule has 1 fully saturated rings. The minimum atomic E-state index is -0.489. The fourth-order valence-corrected chi connectivity index (χ4v) is 4.18. The number of amides is 2. The molecule has 0 aromatic heterocycles. The second-order valence-corrected chi connectivity index (χ2v) is 8.04. The number of carbonyl (C=O) groups is 2. The number of aryl methyl sites for hydroxylation is 1. The highest BCUT2D eigenvalue weighted by molar-refractivity contribution is 6.30. The molecule has 0 radical (unpaired) electrons. The zero-order valence-corrected chi connectivity index (χ0v) is 17.1. The van der Waals surface area contributed by atoms with Gasteiger partial charge in [-0.15, -0.1) is 0 Å². The van der Waals surface area contributed by atoms with Crippen molar-refractivity contribution in [3.8, 4) is 5.75 Å². The molecule has 152 valence electrons. The van der Waals surface area contributed by atoms with Crippen LogP contribution in [0.2, 0.25) is 5.02 Å². The summed E-state index contributed by atoms with van der Waals surface area (Å²) in [6, 6.07) is 15.7. The van der Waals surface area contributed by atoms with Gasteiger partial charge in [0.25, 0.3) is 5.91 Å². The highest BCUT2D eigenvalue weighted by atomic mass is 35.5. The molecule has 2 aromatic rings. The molecular formula is C23H25ClN2O3. The third kappa shape index (κ3) is 4.73. The molecule has 6 heteroatoms. The van der Waals surface area contributed by atoms with Crippen LogP contribution in [-0.4, -0.2) is 53.9 Å². The van der Waals surface area contributed by atoms with Crippen LogP contribution in [0.5, 0.6) is 5.75 Å². The van der Waals surface area contributed by atoms with Crippen molar-refractivity contribution < 1.29 is 14.3 Å². The highest BCUT2D eigenvalue weighted by Crippen LogP contribution is 2.31. The first-order chi connectivity index (χ1) is 14.1. The van der Waals surface area contributed by atoms with E-state index in [1.54, 1.807) is 6.07 Å². The third-order valence-electron chi connectivity index (χ3n) is 5.62. The molecule has 1 unspecified atom stereocenters. The Hall–Kier alpha value is -2.53. The lowest BCUT2D eigenvalue weighted by atomic mass is 10.1. The standard InChI is InChI=1S/C23H25ClN2O3/c24-19-9-10-20-18(15-19)16-21(29-20)23(28)26-13-11-25(12-14-26)22(27)8-4-7-17-5-2-1-3-6-17/h1-3,5-6,9-10,15,21H,4,7-8,11-14,16H2. The summed E-state index contributed by atoms with van der Waals surface area (Å²) in [4.78, 5) is 29.0. The fourth-order valence-electron chi connectivity index (χ4n) is 3.98. The van der Waals surface area contributed by atoms with Gasteiger partial charge < -0.3 is 14.5 Å². The molecule has 0 bridgehead atoms. The van der Waals surface area contributed by atoms with Crippen molar-refractivity contribution in [3.63, 3.8) is 0 Å². The molecule has 2 aliphatic heterocycles. The molecule has 0 aliphatic carbocycles. The monoisotopic (exact) mass is 412 g/mol. The number of ether oxygens (including phenoxy) is 1. The van der Waals surface area contributed by atoms with Gasteiger partial charge in [-0.05, 0) is 42.2 Å². The van der Waals surface area contributed by atoms with Crippen molar-refractivity contribution in [1.29, 1.82) is 0 Å². The number of benzene rings is 2. The first kappa shape index (κ1) is 19.8. The largest absolute Gasteiger partial charge is 0.480 e. The van der Waals surface area contributed by atoms with E-state index < -0.39 is 6.10 Å². The number of carbonyl (C=O) groups excluding carboxylic acids is 2. The van der Waals surface area contributed by atoms with E-state index in [-0.39, 0.29) is 11.8 Å². The molecule has 0 spiro atoms. The lowest BCUT2D eigenvalue weighted by molar-refractivity contribution is -0.143. The van der Waals surface area contributed by atoms with Crippen LogP contribution in [0.15, 0.2) is 48.5 Å². The van der Waals surface area contributed by atoms with Crippen molar-refractivity contribution in [1.82, 2.24) is 9.80 Å². The van der Waals surface area contributed by atoms with E-state index >= 15 is 0 Å². The number of hydrogen-bond acceptors (Lipinski definition) is 3. The highest BCUT2D eigenvalue weighted by Gasteiger charge is 2.34. The van der Waals surface area contributed by atoms with Crippen molar-refractivity contribution in [3.05, 3.63) is 64.7 Å². The SMILES string of the molecule is O=C(CCCc1ccccc1)N1CCN(C(=O)C2Cc3cc(Cl)ccc3O2)CC1. The van der Waals surface area contributed by atoms with Gasteiger partial charge >= 0.3 is 0 Å². The fraction of sp³-hybridized carbons (Fsp3) is 0.391. The van der Waals surface area contributed by atoms with Gasteiger partial charge in [0.1, 0.15) is 5.75 Å². The summed E-state index contributed by atoms with van der Waals surface area (Å²) in [6.45, 7) is 2.28. The minimum Gasteiger partial charge on any atom is -0.480 e. The zero-order chi connectivity index (χ0) is 20.2. The molecule has 2 amide bonds. The van der Waals surface area contributed by atoms with E-state index in [2.05, 4.69) is 12.1 Å². The molecule has 4 rings (SSSR count). The van der Waals surface area contributed by atoms with E-state index in [1.165, 1.54) is 5.56 Å². The topological polar surface area (TPSA) is 49.9 Å². The van der Waals surface area contributed by atoms with E-state index in [0.29, 0.717) is 44.0 Å². The summed E-state index contributed by atoms with van der Waals surface area (Å²) in [5.74, 6) is 0.903. The van der Waals surface area contributed by atoms with E-state index in [1.807, 2.05) is 40.1 Å². The number of piperazine rings is 1.